The molecular formula is C11H14F2O4. The lowest BCUT2D eigenvalue weighted by Crippen LogP contribution is -2.39. The largest absolute Gasteiger partial charge is 0.457 e. The van der Waals surface area contributed by atoms with Crippen LogP contribution in [0, 0.1) is 5.92 Å². The van der Waals surface area contributed by atoms with Gasteiger partial charge in [-0.2, -0.15) is 8.78 Å². The smallest absolute Gasteiger partial charge is 0.396 e. The van der Waals surface area contributed by atoms with Gasteiger partial charge in [-0.05, 0) is 25.2 Å². The fourth-order valence-electron chi connectivity index (χ4n) is 2.45. The van der Waals surface area contributed by atoms with Gasteiger partial charge >= 0.3 is 11.9 Å². The Morgan fingerprint density at radius 3 is 2.82 bits per heavy atom. The molecule has 2 aliphatic rings. The van der Waals surface area contributed by atoms with Gasteiger partial charge in [0.05, 0.1) is 6.10 Å². The fourth-order valence-corrected chi connectivity index (χ4v) is 2.45. The lowest BCUT2D eigenvalue weighted by atomic mass is 9.84. The van der Waals surface area contributed by atoms with E-state index in [1.54, 1.807) is 0 Å². The van der Waals surface area contributed by atoms with Crippen LogP contribution in [0.3, 0.4) is 0 Å². The summed E-state index contributed by atoms with van der Waals surface area (Å²) in [6.45, 7) is 0.681. The molecule has 1 saturated carbocycles. The topological polar surface area (TPSA) is 52.6 Å². The highest BCUT2D eigenvalue weighted by molar-refractivity contribution is 5.94. The third-order valence-electron chi connectivity index (χ3n) is 3.39. The maximum Gasteiger partial charge on any atom is 0.396 e. The van der Waals surface area contributed by atoms with Gasteiger partial charge in [-0.3, -0.25) is 4.79 Å². The molecule has 0 bridgehead atoms. The highest BCUT2D eigenvalue weighted by atomic mass is 19.3. The molecule has 0 spiro atoms. The van der Waals surface area contributed by atoms with Crippen LogP contribution in [0.5, 0.6) is 0 Å². The first-order chi connectivity index (χ1) is 8.03. The molecule has 3 unspecified atom stereocenters. The number of rotatable bonds is 3. The van der Waals surface area contributed by atoms with E-state index in [1.165, 1.54) is 0 Å². The van der Waals surface area contributed by atoms with Crippen LogP contribution in [-0.4, -0.2) is 37.0 Å². The van der Waals surface area contributed by atoms with Gasteiger partial charge in [0.15, 0.2) is 0 Å². The van der Waals surface area contributed by atoms with E-state index >= 15 is 0 Å². The van der Waals surface area contributed by atoms with Crippen molar-refractivity contribution in [2.24, 2.45) is 5.92 Å². The van der Waals surface area contributed by atoms with Crippen molar-refractivity contribution in [1.82, 2.24) is 0 Å². The summed E-state index contributed by atoms with van der Waals surface area (Å²) >= 11 is 0. The second-order valence-corrected chi connectivity index (χ2v) is 4.54. The zero-order valence-electron chi connectivity index (χ0n) is 9.23. The summed E-state index contributed by atoms with van der Waals surface area (Å²) in [6, 6.07) is 0. The number of carbonyl (C=O) groups is 2. The molecule has 4 nitrogen and oxygen atoms in total. The number of ether oxygens (including phenoxy) is 2. The molecule has 1 aliphatic heterocycles. The molecule has 6 heteroatoms. The first kappa shape index (κ1) is 12.4. The van der Waals surface area contributed by atoms with Crippen molar-refractivity contribution in [2.45, 2.75) is 43.8 Å². The molecule has 0 aromatic heterocycles. The van der Waals surface area contributed by atoms with Crippen molar-refractivity contribution >= 4 is 12.3 Å². The Labute approximate surface area is 97.3 Å². The number of hydrogen-bond acceptors (Lipinski definition) is 4. The minimum Gasteiger partial charge on any atom is -0.457 e. The fraction of sp³-hybridized carbons (Fsp3) is 0.818. The SMILES string of the molecule is O=CC(F)(F)C(=O)OC1CCC2CCOC2C1. The summed E-state index contributed by atoms with van der Waals surface area (Å²) < 4.78 is 35.5. The molecule has 0 amide bonds. The summed E-state index contributed by atoms with van der Waals surface area (Å²) in [7, 11) is 0. The number of aldehydes is 1. The second-order valence-electron chi connectivity index (χ2n) is 4.54. The van der Waals surface area contributed by atoms with Gasteiger partial charge in [0.1, 0.15) is 6.10 Å². The Morgan fingerprint density at radius 1 is 1.35 bits per heavy atom. The molecule has 96 valence electrons. The Balaban J connectivity index is 1.88. The Bertz CT molecular complexity index is 319. The molecule has 1 heterocycles. The van der Waals surface area contributed by atoms with E-state index in [9.17, 15) is 18.4 Å². The molecule has 0 aromatic carbocycles. The van der Waals surface area contributed by atoms with E-state index in [0.717, 1.165) is 12.8 Å². The predicted octanol–water partition coefficient (Wildman–Crippen LogP) is 1.32. The molecule has 2 rings (SSSR count). The minimum atomic E-state index is -4.03. The third kappa shape index (κ3) is 2.62. The first-order valence-electron chi connectivity index (χ1n) is 5.70. The van der Waals surface area contributed by atoms with Crippen LogP contribution in [0.4, 0.5) is 8.78 Å². The van der Waals surface area contributed by atoms with Crippen molar-refractivity contribution in [2.75, 3.05) is 6.61 Å². The van der Waals surface area contributed by atoms with Crippen molar-refractivity contribution in [3.63, 3.8) is 0 Å². The van der Waals surface area contributed by atoms with Gasteiger partial charge < -0.3 is 9.47 Å². The number of halogens is 2. The zero-order valence-corrected chi connectivity index (χ0v) is 9.23. The Kier molecular flexibility index (Phi) is 3.42. The first-order valence-corrected chi connectivity index (χ1v) is 5.70. The van der Waals surface area contributed by atoms with Crippen LogP contribution in [0.25, 0.3) is 0 Å². The number of alkyl halides is 2. The van der Waals surface area contributed by atoms with Crippen LogP contribution in [0.2, 0.25) is 0 Å². The molecule has 1 aliphatic carbocycles. The van der Waals surface area contributed by atoms with Gasteiger partial charge in [0, 0.05) is 13.0 Å². The molecule has 1 saturated heterocycles. The van der Waals surface area contributed by atoms with Crippen LogP contribution >= 0.6 is 0 Å². The standard InChI is InChI=1S/C11H14F2O4/c12-11(13,6-14)10(15)17-8-2-1-7-3-4-16-9(7)5-8/h6-9H,1-5H2. The summed E-state index contributed by atoms with van der Waals surface area (Å²) in [5.41, 5.74) is 0. The molecule has 0 radical (unpaired) electrons. The van der Waals surface area contributed by atoms with Gasteiger partial charge in [0.2, 0.25) is 6.29 Å². The number of fused-ring (bicyclic) bond motifs is 1. The lowest BCUT2D eigenvalue weighted by molar-refractivity contribution is -0.180. The van der Waals surface area contributed by atoms with E-state index in [1.807, 2.05) is 0 Å². The minimum absolute atomic E-state index is 0.00593. The van der Waals surface area contributed by atoms with Gasteiger partial charge in [-0.25, -0.2) is 4.79 Å². The summed E-state index contributed by atoms with van der Waals surface area (Å²) in [5.74, 6) is -5.33. The second kappa shape index (κ2) is 4.68. The average molecular weight is 248 g/mol. The van der Waals surface area contributed by atoms with E-state index in [0.29, 0.717) is 25.4 Å². The summed E-state index contributed by atoms with van der Waals surface area (Å²) in [6.07, 6.45) is 1.56. The molecular weight excluding hydrogens is 234 g/mol. The highest BCUT2D eigenvalue weighted by Gasteiger charge is 2.43. The Hall–Kier alpha value is -1.04. The van der Waals surface area contributed by atoms with Crippen LogP contribution < -0.4 is 0 Å². The van der Waals surface area contributed by atoms with E-state index in [2.05, 4.69) is 4.74 Å². The van der Waals surface area contributed by atoms with Crippen molar-refractivity contribution in [3.05, 3.63) is 0 Å². The van der Waals surface area contributed by atoms with Gasteiger partial charge in [-0.15, -0.1) is 0 Å². The van der Waals surface area contributed by atoms with Crippen LogP contribution in [0.1, 0.15) is 25.7 Å². The normalized spacial score (nSPS) is 32.9. The zero-order chi connectivity index (χ0) is 12.5. The monoisotopic (exact) mass is 248 g/mol. The van der Waals surface area contributed by atoms with E-state index < -0.39 is 24.3 Å². The van der Waals surface area contributed by atoms with Crippen LogP contribution in [0.15, 0.2) is 0 Å². The molecule has 3 atom stereocenters. The third-order valence-corrected chi connectivity index (χ3v) is 3.39. The highest BCUT2D eigenvalue weighted by Crippen LogP contribution is 2.35. The summed E-state index contributed by atoms with van der Waals surface area (Å²) in [4.78, 5) is 21.0. The number of esters is 1. The quantitative estimate of drug-likeness (QED) is 0.429. The summed E-state index contributed by atoms with van der Waals surface area (Å²) in [5, 5.41) is 0. The predicted molar refractivity (Wildman–Crippen MR) is 52.6 cm³/mol. The van der Waals surface area contributed by atoms with Crippen molar-refractivity contribution < 1.29 is 27.8 Å². The van der Waals surface area contributed by atoms with Crippen molar-refractivity contribution in [3.8, 4) is 0 Å². The molecule has 0 N–H and O–H groups in total. The lowest BCUT2D eigenvalue weighted by Gasteiger charge is -2.30. The maximum absolute atomic E-state index is 12.7. The van der Waals surface area contributed by atoms with E-state index in [4.69, 9.17) is 4.74 Å². The maximum atomic E-state index is 12.7. The van der Waals surface area contributed by atoms with Crippen molar-refractivity contribution in [1.29, 1.82) is 0 Å². The molecule has 2 fully saturated rings. The molecule has 17 heavy (non-hydrogen) atoms. The van der Waals surface area contributed by atoms with Crippen LogP contribution in [-0.2, 0) is 19.1 Å². The number of hydrogen-bond donors (Lipinski definition) is 0. The van der Waals surface area contributed by atoms with Gasteiger partial charge in [0.25, 0.3) is 0 Å². The van der Waals surface area contributed by atoms with E-state index in [-0.39, 0.29) is 6.10 Å². The number of carbonyl (C=O) groups excluding carboxylic acids is 2. The Morgan fingerprint density at radius 2 is 2.12 bits per heavy atom. The average Bonchev–Trinajstić information content (AvgIpc) is 2.76. The van der Waals surface area contributed by atoms with Gasteiger partial charge in [-0.1, -0.05) is 0 Å². The molecule has 0 aromatic rings.